The van der Waals surface area contributed by atoms with Gasteiger partial charge in [-0.1, -0.05) is 5.16 Å². The van der Waals surface area contributed by atoms with Gasteiger partial charge in [0.1, 0.15) is 12.8 Å². The van der Waals surface area contributed by atoms with Crippen molar-refractivity contribution < 1.29 is 32.7 Å². The highest BCUT2D eigenvalue weighted by Crippen LogP contribution is 2.21. The normalized spacial score (nSPS) is 12.1. The summed E-state index contributed by atoms with van der Waals surface area (Å²) in [7, 11) is 1.10. The van der Waals surface area contributed by atoms with Crippen LogP contribution < -0.4 is 5.32 Å². The minimum Gasteiger partial charge on any atom is -0.476 e. The summed E-state index contributed by atoms with van der Waals surface area (Å²) in [5.74, 6) is -3.67. The van der Waals surface area contributed by atoms with Crippen LogP contribution in [0.15, 0.2) is 10.5 Å². The molecule has 0 spiro atoms. The maximum atomic E-state index is 12.0. The summed E-state index contributed by atoms with van der Waals surface area (Å²) in [6.07, 6.45) is -5.05. The number of alkyl halides is 3. The molecule has 19 heavy (non-hydrogen) atoms. The molecule has 0 fully saturated rings. The number of amides is 1. The van der Waals surface area contributed by atoms with Gasteiger partial charge in [-0.25, -0.2) is 9.78 Å². The first-order chi connectivity index (χ1) is 8.75. The van der Waals surface area contributed by atoms with Gasteiger partial charge in [0.05, 0.1) is 0 Å². The van der Waals surface area contributed by atoms with E-state index in [-0.39, 0.29) is 5.69 Å². The zero-order chi connectivity index (χ0) is 14.6. The molecule has 2 N–H and O–H groups in total. The van der Waals surface area contributed by atoms with Crippen molar-refractivity contribution in [2.45, 2.75) is 6.18 Å². The summed E-state index contributed by atoms with van der Waals surface area (Å²) >= 11 is 0.623. The lowest BCUT2D eigenvalue weighted by Crippen LogP contribution is -2.29. The van der Waals surface area contributed by atoms with Gasteiger partial charge >= 0.3 is 18.1 Å². The standard InChI is InChI=1S/C8H6F3N3O4S/c1-18-14-4(5(15)16)3-2-19-7(12-3)13-6(17)8(9,10)11/h2H,1H3,(H,15,16)(H,12,13,17). The van der Waals surface area contributed by atoms with Crippen LogP contribution in [0.2, 0.25) is 0 Å². The Bertz CT molecular complexity index is 526. The molecule has 0 bridgehead atoms. The molecule has 0 aliphatic carbocycles. The Kier molecular flexibility index (Phi) is 4.43. The number of oxime groups is 1. The van der Waals surface area contributed by atoms with Crippen molar-refractivity contribution in [3.8, 4) is 0 Å². The van der Waals surface area contributed by atoms with Gasteiger partial charge < -0.3 is 9.94 Å². The van der Waals surface area contributed by atoms with Crippen molar-refractivity contribution in [2.75, 3.05) is 12.4 Å². The van der Waals surface area contributed by atoms with Crippen LogP contribution in [0, 0.1) is 0 Å². The molecule has 0 saturated heterocycles. The van der Waals surface area contributed by atoms with Crippen molar-refractivity contribution in [3.05, 3.63) is 11.1 Å². The molecule has 0 aromatic carbocycles. The average molecular weight is 297 g/mol. The van der Waals surface area contributed by atoms with E-state index in [2.05, 4.69) is 15.0 Å². The SMILES string of the molecule is CON=C(C(=O)O)c1csc(NC(=O)C(F)(F)F)n1. The first-order valence-corrected chi connectivity index (χ1v) is 5.32. The van der Waals surface area contributed by atoms with Gasteiger partial charge in [-0.3, -0.25) is 10.1 Å². The van der Waals surface area contributed by atoms with Crippen molar-refractivity contribution >= 4 is 34.1 Å². The third kappa shape index (κ3) is 3.91. The third-order valence-corrected chi connectivity index (χ3v) is 2.37. The summed E-state index contributed by atoms with van der Waals surface area (Å²) < 4.78 is 35.9. The molecule has 0 atom stereocenters. The van der Waals surface area contributed by atoms with Crippen molar-refractivity contribution in [2.24, 2.45) is 5.16 Å². The molecule has 1 rings (SSSR count). The smallest absolute Gasteiger partial charge is 0.471 e. The van der Waals surface area contributed by atoms with Gasteiger partial charge in [0.25, 0.3) is 0 Å². The Hall–Kier alpha value is -2.17. The monoisotopic (exact) mass is 297 g/mol. The number of nitrogens with one attached hydrogen (secondary N) is 1. The first-order valence-electron chi connectivity index (χ1n) is 4.44. The summed E-state index contributed by atoms with van der Waals surface area (Å²) in [5, 5.41) is 14.1. The number of halogens is 3. The minimum atomic E-state index is -5.05. The number of aromatic nitrogens is 1. The number of carboxylic acids is 1. The van der Waals surface area contributed by atoms with Crippen LogP contribution in [0.4, 0.5) is 18.3 Å². The van der Waals surface area contributed by atoms with Gasteiger partial charge in [0, 0.05) is 5.38 Å². The number of carbonyl (C=O) groups excluding carboxylic acids is 1. The molecule has 104 valence electrons. The van der Waals surface area contributed by atoms with Crippen molar-refractivity contribution in [3.63, 3.8) is 0 Å². The van der Waals surface area contributed by atoms with Crippen LogP contribution in [-0.2, 0) is 14.4 Å². The van der Waals surface area contributed by atoms with E-state index in [1.54, 1.807) is 0 Å². The molecular weight excluding hydrogens is 291 g/mol. The largest absolute Gasteiger partial charge is 0.476 e. The second-order valence-electron chi connectivity index (χ2n) is 2.92. The lowest BCUT2D eigenvalue weighted by atomic mass is 10.3. The zero-order valence-corrected chi connectivity index (χ0v) is 10.0. The molecule has 0 saturated carbocycles. The molecule has 0 radical (unpaired) electrons. The fourth-order valence-corrected chi connectivity index (χ4v) is 1.58. The number of carbonyl (C=O) groups is 2. The molecular formula is C8H6F3N3O4S. The van der Waals surface area contributed by atoms with Gasteiger partial charge in [0.15, 0.2) is 5.13 Å². The van der Waals surface area contributed by atoms with E-state index in [9.17, 15) is 22.8 Å². The molecule has 1 aromatic rings. The number of carboxylic acid groups (broad SMARTS) is 1. The summed E-state index contributed by atoms with van der Waals surface area (Å²) in [5.41, 5.74) is -0.817. The zero-order valence-electron chi connectivity index (χ0n) is 9.19. The average Bonchev–Trinajstić information content (AvgIpc) is 2.72. The molecule has 0 aliphatic rings. The van der Waals surface area contributed by atoms with Crippen LogP contribution >= 0.6 is 11.3 Å². The fraction of sp³-hybridized carbons (Fsp3) is 0.250. The second-order valence-corrected chi connectivity index (χ2v) is 3.78. The van der Waals surface area contributed by atoms with Gasteiger partial charge in [-0.15, -0.1) is 11.3 Å². The molecule has 7 nitrogen and oxygen atoms in total. The highest BCUT2D eigenvalue weighted by Gasteiger charge is 2.39. The van der Waals surface area contributed by atoms with E-state index in [0.717, 1.165) is 12.5 Å². The van der Waals surface area contributed by atoms with E-state index < -0.39 is 28.9 Å². The van der Waals surface area contributed by atoms with E-state index in [1.165, 1.54) is 5.32 Å². The predicted molar refractivity (Wildman–Crippen MR) is 58.0 cm³/mol. The first kappa shape index (κ1) is 14.9. The number of anilines is 1. The Morgan fingerprint density at radius 2 is 2.16 bits per heavy atom. The van der Waals surface area contributed by atoms with E-state index >= 15 is 0 Å². The number of hydrogen-bond acceptors (Lipinski definition) is 6. The van der Waals surface area contributed by atoms with Crippen LogP contribution in [-0.4, -0.2) is 41.0 Å². The lowest BCUT2D eigenvalue weighted by molar-refractivity contribution is -0.167. The number of aliphatic carboxylic acids is 1. The topological polar surface area (TPSA) is 101 Å². The Morgan fingerprint density at radius 1 is 1.53 bits per heavy atom. The maximum absolute atomic E-state index is 12.0. The molecule has 0 aliphatic heterocycles. The fourth-order valence-electron chi connectivity index (χ4n) is 0.895. The molecule has 1 heterocycles. The van der Waals surface area contributed by atoms with Gasteiger partial charge in [0.2, 0.25) is 5.71 Å². The second kappa shape index (κ2) is 5.65. The Balaban J connectivity index is 2.91. The van der Waals surface area contributed by atoms with Gasteiger partial charge in [-0.2, -0.15) is 13.2 Å². The van der Waals surface area contributed by atoms with Crippen LogP contribution in [0.25, 0.3) is 0 Å². The summed E-state index contributed by atoms with van der Waals surface area (Å²) in [4.78, 5) is 29.2. The van der Waals surface area contributed by atoms with E-state index in [0.29, 0.717) is 11.3 Å². The number of thiazole rings is 1. The van der Waals surface area contributed by atoms with Crippen LogP contribution in [0.1, 0.15) is 5.69 Å². The lowest BCUT2D eigenvalue weighted by Gasteiger charge is -2.04. The quantitative estimate of drug-likeness (QED) is 0.639. The Morgan fingerprint density at radius 3 is 2.63 bits per heavy atom. The minimum absolute atomic E-state index is 0.225. The molecule has 1 aromatic heterocycles. The number of rotatable bonds is 4. The maximum Gasteiger partial charge on any atom is 0.471 e. The third-order valence-electron chi connectivity index (χ3n) is 1.61. The molecule has 0 unspecified atom stereocenters. The van der Waals surface area contributed by atoms with Crippen molar-refractivity contribution in [1.82, 2.24) is 4.98 Å². The van der Waals surface area contributed by atoms with Crippen LogP contribution in [0.3, 0.4) is 0 Å². The summed E-state index contributed by atoms with van der Waals surface area (Å²) in [6.45, 7) is 0. The number of hydrogen-bond donors (Lipinski definition) is 2. The number of nitrogens with zero attached hydrogens (tertiary/aromatic N) is 2. The predicted octanol–water partition coefficient (Wildman–Crippen LogP) is 1.08. The molecule has 1 amide bonds. The highest BCUT2D eigenvalue weighted by atomic mass is 32.1. The Labute approximate surface area is 107 Å². The van der Waals surface area contributed by atoms with Crippen molar-refractivity contribution in [1.29, 1.82) is 0 Å². The van der Waals surface area contributed by atoms with E-state index in [1.807, 2.05) is 0 Å². The summed E-state index contributed by atoms with van der Waals surface area (Å²) in [6, 6.07) is 0. The van der Waals surface area contributed by atoms with E-state index in [4.69, 9.17) is 5.11 Å². The highest BCUT2D eigenvalue weighted by molar-refractivity contribution is 7.14. The molecule has 11 heteroatoms. The van der Waals surface area contributed by atoms with Gasteiger partial charge in [-0.05, 0) is 0 Å². The van der Waals surface area contributed by atoms with Crippen LogP contribution in [0.5, 0.6) is 0 Å².